The third kappa shape index (κ3) is 8.02. The Morgan fingerprint density at radius 3 is 1.37 bits per heavy atom. The fraction of sp³-hybridized carbons (Fsp3) is 0.478. The third-order valence-electron chi connectivity index (χ3n) is 13.8. The Kier molecular flexibility index (Phi) is 10.7. The van der Waals surface area contributed by atoms with Gasteiger partial charge in [0, 0.05) is 49.6 Å². The highest BCUT2D eigenvalue weighted by Gasteiger charge is 2.58. The summed E-state index contributed by atoms with van der Waals surface area (Å²) in [4.78, 5) is 71.6. The zero-order valence-electron chi connectivity index (χ0n) is 34.2. The molecule has 4 aliphatic heterocycles. The largest absolute Gasteiger partial charge is 0.465 e. The van der Waals surface area contributed by atoms with Crippen molar-refractivity contribution in [1.29, 1.82) is 0 Å². The summed E-state index contributed by atoms with van der Waals surface area (Å²) in [5.41, 5.74) is 5.22. The van der Waals surface area contributed by atoms with Gasteiger partial charge >= 0.3 is 12.2 Å². The zero-order chi connectivity index (χ0) is 42.5. The molecule has 8 atom stereocenters. The normalized spacial score (nSPS) is 26.4. The van der Waals surface area contributed by atoms with E-state index in [-0.39, 0.29) is 47.8 Å². The van der Waals surface area contributed by atoms with E-state index in [1.807, 2.05) is 58.3 Å². The van der Waals surface area contributed by atoms with E-state index in [2.05, 4.69) is 32.4 Å². The van der Waals surface area contributed by atoms with Gasteiger partial charge in [0.1, 0.15) is 23.7 Å². The van der Waals surface area contributed by atoms with Crippen LogP contribution >= 0.6 is 0 Å². The molecule has 4 aromatic rings. The molecule has 6 aliphatic rings. The summed E-state index contributed by atoms with van der Waals surface area (Å²) in [6, 6.07) is 13.9. The smallest absolute Gasteiger partial charge is 0.405 e. The fourth-order valence-electron chi connectivity index (χ4n) is 10.4. The van der Waals surface area contributed by atoms with Gasteiger partial charge in [-0.3, -0.25) is 9.59 Å². The van der Waals surface area contributed by atoms with E-state index in [0.717, 1.165) is 59.3 Å². The van der Waals surface area contributed by atoms with E-state index in [1.165, 1.54) is 0 Å². The highest BCUT2D eigenvalue weighted by Crippen LogP contribution is 2.54. The molecule has 2 aromatic carbocycles. The molecule has 16 nitrogen and oxygen atoms in total. The van der Waals surface area contributed by atoms with Gasteiger partial charge in [-0.05, 0) is 110 Å². The predicted molar refractivity (Wildman–Crippen MR) is 223 cm³/mol. The minimum atomic E-state index is -1.19. The number of nitrogens with one attached hydrogen (secondary N) is 4. The number of carbonyl (C=O) groups excluding carboxylic acids is 2. The van der Waals surface area contributed by atoms with E-state index in [4.69, 9.17) is 19.4 Å². The van der Waals surface area contributed by atoms with Crippen molar-refractivity contribution in [3.05, 3.63) is 83.7 Å². The van der Waals surface area contributed by atoms with E-state index in [9.17, 15) is 29.4 Å². The maximum absolute atomic E-state index is 14.0. The number of hydrogen-bond donors (Lipinski definition) is 6. The van der Waals surface area contributed by atoms with Crippen molar-refractivity contribution in [2.45, 2.75) is 87.6 Å². The summed E-state index contributed by atoms with van der Waals surface area (Å²) < 4.78 is 11.0. The molecule has 62 heavy (non-hydrogen) atoms. The van der Waals surface area contributed by atoms with Gasteiger partial charge in [-0.25, -0.2) is 19.6 Å². The average Bonchev–Trinajstić information content (AvgIpc) is 3.87. The van der Waals surface area contributed by atoms with Gasteiger partial charge in [0.15, 0.2) is 0 Å². The lowest BCUT2D eigenvalue weighted by molar-refractivity contribution is -0.138. The number of H-pyrrole nitrogens is 2. The summed E-state index contributed by atoms with van der Waals surface area (Å²) >= 11 is 0. The topological polar surface area (TPSA) is 215 Å². The van der Waals surface area contributed by atoms with Crippen molar-refractivity contribution < 1.29 is 38.9 Å². The second-order valence-corrected chi connectivity index (χ2v) is 17.6. The number of nitrogens with zero attached hydrogens (tertiary/aromatic N) is 4. The molecule has 2 aliphatic carbocycles. The Hall–Kier alpha value is -6.18. The lowest BCUT2D eigenvalue weighted by Gasteiger charge is -2.35. The number of rotatable bonds is 10. The van der Waals surface area contributed by atoms with E-state index in [0.29, 0.717) is 75.6 Å². The number of benzene rings is 2. The summed E-state index contributed by atoms with van der Waals surface area (Å²) in [6.07, 6.45) is 7.18. The Bertz CT molecular complexity index is 2230. The second-order valence-electron chi connectivity index (χ2n) is 17.6. The van der Waals surface area contributed by atoms with Crippen LogP contribution in [0.3, 0.4) is 0 Å². The van der Waals surface area contributed by atoms with Gasteiger partial charge in [-0.15, -0.1) is 0 Å². The van der Waals surface area contributed by atoms with Crippen molar-refractivity contribution in [3.63, 3.8) is 0 Å². The number of imidazole rings is 2. The minimum absolute atomic E-state index is 0.107. The van der Waals surface area contributed by atoms with Crippen LogP contribution in [0.25, 0.3) is 22.5 Å². The molecule has 4 saturated heterocycles. The van der Waals surface area contributed by atoms with Crippen molar-refractivity contribution in [1.82, 2.24) is 40.4 Å². The Balaban J connectivity index is 0.780. The SMILES string of the molecule is O=C(O)N[C@H](C(=O)N1[C@H](c2ncc(-c3ccc(C#Cc4ccc(-c5cnc([C@@H]6C[C@@H]7C[C@@H]7N6C(=O)[C@@H](NC(=O)O)C6CCOCC6)[nH]5)cc4)cc3)[nH]2)C[C@@H]2C[C@@H]21)C1CCOCC1. The zero-order valence-corrected chi connectivity index (χ0v) is 34.2. The molecule has 6 fully saturated rings. The van der Waals surface area contributed by atoms with Gasteiger partial charge in [-0.1, -0.05) is 36.1 Å². The Morgan fingerprint density at radius 1 is 0.613 bits per heavy atom. The number of aromatic amines is 2. The molecule has 0 radical (unpaired) electrons. The van der Waals surface area contributed by atoms with Crippen LogP contribution in [0, 0.1) is 35.5 Å². The van der Waals surface area contributed by atoms with Crippen molar-refractivity contribution in [2.75, 3.05) is 26.4 Å². The first kappa shape index (κ1) is 39.9. The van der Waals surface area contributed by atoms with Crippen molar-refractivity contribution in [2.24, 2.45) is 23.7 Å². The lowest BCUT2D eigenvalue weighted by Crippen LogP contribution is -2.53. The standard InChI is InChI=1S/C46H50N8O8/c55-43(39(51-45(57)58)29-11-15-61-16-12-29)53-35-19-31(35)21-37(53)41-47-23-33(49-41)27-7-3-25(4-8-27)1-2-26-5-9-28(10-6-26)34-24-48-42(50-34)38-22-32-20-36(32)54(38)44(56)40(52-46(59)60)30-13-17-62-18-14-30/h3-10,23-24,29-32,35-40,51-52H,11-22H2,(H,47,49)(H,48,50)(H,57,58)(H,59,60)/t31-,32-,35-,36-,37-,38-,39-,40-/m0/s1. The molecule has 10 rings (SSSR count). The first-order chi connectivity index (χ1) is 30.2. The minimum Gasteiger partial charge on any atom is -0.465 e. The number of carbonyl (C=O) groups is 4. The molecule has 16 heteroatoms. The van der Waals surface area contributed by atoms with Crippen LogP contribution < -0.4 is 10.6 Å². The number of aromatic nitrogens is 4. The highest BCUT2D eigenvalue weighted by atomic mass is 16.5. The quantitative estimate of drug-likeness (QED) is 0.113. The average molecular weight is 843 g/mol. The van der Waals surface area contributed by atoms with Crippen molar-refractivity contribution in [3.8, 4) is 34.4 Å². The molecular weight excluding hydrogens is 793 g/mol. The van der Waals surface area contributed by atoms with Crippen LogP contribution in [0.5, 0.6) is 0 Å². The van der Waals surface area contributed by atoms with E-state index in [1.54, 1.807) is 12.4 Å². The van der Waals surface area contributed by atoms with Crippen molar-refractivity contribution >= 4 is 24.0 Å². The molecule has 6 heterocycles. The molecule has 0 bridgehead atoms. The molecule has 2 aromatic heterocycles. The molecule has 322 valence electrons. The van der Waals surface area contributed by atoms with Gasteiger partial charge in [0.25, 0.3) is 0 Å². The number of amides is 4. The number of piperidine rings is 2. The van der Waals surface area contributed by atoms with Crippen LogP contribution in [-0.2, 0) is 19.1 Å². The first-order valence-electron chi connectivity index (χ1n) is 21.8. The van der Waals surface area contributed by atoms with Crippen LogP contribution in [0.15, 0.2) is 60.9 Å². The van der Waals surface area contributed by atoms with E-state index < -0.39 is 24.3 Å². The fourth-order valence-corrected chi connectivity index (χ4v) is 10.4. The summed E-state index contributed by atoms with van der Waals surface area (Å²) in [5.74, 6) is 8.15. The summed E-state index contributed by atoms with van der Waals surface area (Å²) in [7, 11) is 0. The predicted octanol–water partition coefficient (Wildman–Crippen LogP) is 5.32. The monoisotopic (exact) mass is 842 g/mol. The molecule has 4 amide bonds. The Morgan fingerprint density at radius 2 is 1.00 bits per heavy atom. The van der Waals surface area contributed by atoms with Crippen LogP contribution in [0.2, 0.25) is 0 Å². The van der Waals surface area contributed by atoms with Gasteiger partial charge in [0.05, 0.1) is 35.9 Å². The summed E-state index contributed by atoms with van der Waals surface area (Å²) in [6.45, 7) is 2.07. The molecule has 2 saturated carbocycles. The maximum Gasteiger partial charge on any atom is 0.405 e. The maximum atomic E-state index is 14.0. The second kappa shape index (κ2) is 16.6. The number of ether oxygens (including phenoxy) is 2. The van der Waals surface area contributed by atoms with Gasteiger partial charge in [-0.2, -0.15) is 0 Å². The number of hydrogen-bond acceptors (Lipinski definition) is 8. The number of carboxylic acid groups (broad SMARTS) is 2. The Labute approximate surface area is 358 Å². The molecular formula is C46H50N8O8. The van der Waals surface area contributed by atoms with Gasteiger partial charge < -0.3 is 50.1 Å². The lowest BCUT2D eigenvalue weighted by atomic mass is 9.90. The third-order valence-corrected chi connectivity index (χ3v) is 13.8. The van der Waals surface area contributed by atoms with Crippen LogP contribution in [0.4, 0.5) is 9.59 Å². The van der Waals surface area contributed by atoms with Gasteiger partial charge in [0.2, 0.25) is 11.8 Å². The van der Waals surface area contributed by atoms with Crippen LogP contribution in [-0.4, -0.2) is 115 Å². The van der Waals surface area contributed by atoms with E-state index >= 15 is 0 Å². The summed E-state index contributed by atoms with van der Waals surface area (Å²) in [5, 5.41) is 24.3. The highest BCUT2D eigenvalue weighted by molar-refractivity contribution is 5.88. The first-order valence-corrected chi connectivity index (χ1v) is 21.8. The molecule has 6 N–H and O–H groups in total. The number of likely N-dealkylation sites (tertiary alicyclic amines) is 2. The number of fused-ring (bicyclic) bond motifs is 2. The van der Waals surface area contributed by atoms with Crippen LogP contribution in [0.1, 0.15) is 86.2 Å². The molecule has 0 spiro atoms. The molecule has 0 unspecified atom stereocenters.